The molecule has 0 amide bonds. The fourth-order valence-electron chi connectivity index (χ4n) is 3.40. The molecular weight excluding hydrogens is 288 g/mol. The van der Waals surface area contributed by atoms with E-state index >= 15 is 0 Å². The maximum Gasteiger partial charge on any atom is 0.231 e. The number of aromatic amines is 1. The van der Waals surface area contributed by atoms with Gasteiger partial charge in [-0.3, -0.25) is 0 Å². The van der Waals surface area contributed by atoms with E-state index in [9.17, 15) is 0 Å². The lowest BCUT2D eigenvalue weighted by molar-refractivity contribution is 0.174. The molecule has 0 bridgehead atoms. The van der Waals surface area contributed by atoms with Crippen LogP contribution in [0.25, 0.3) is 22.0 Å². The zero-order valence-electron chi connectivity index (χ0n) is 13.2. The molecular formula is C19H20N2O2. The van der Waals surface area contributed by atoms with Crippen molar-refractivity contribution in [1.82, 2.24) is 4.98 Å². The Labute approximate surface area is 135 Å². The number of nitrogens with two attached hydrogens (primary N) is 1. The molecule has 118 valence electrons. The fraction of sp³-hybridized carbons (Fsp3) is 0.263. The number of rotatable bonds is 4. The molecule has 0 saturated carbocycles. The molecule has 1 aromatic heterocycles. The molecule has 2 heterocycles. The van der Waals surface area contributed by atoms with Crippen LogP contribution in [0.4, 0.5) is 0 Å². The molecule has 0 unspecified atom stereocenters. The van der Waals surface area contributed by atoms with E-state index in [1.165, 1.54) is 27.7 Å². The van der Waals surface area contributed by atoms with Crippen LogP contribution in [0, 0.1) is 0 Å². The Bertz CT molecular complexity index is 867. The Balaban J connectivity index is 1.94. The maximum atomic E-state index is 5.85. The zero-order valence-corrected chi connectivity index (χ0v) is 13.2. The quantitative estimate of drug-likeness (QED) is 0.774. The molecule has 0 atom stereocenters. The van der Waals surface area contributed by atoms with Crippen molar-refractivity contribution in [1.29, 1.82) is 0 Å². The van der Waals surface area contributed by atoms with E-state index in [-0.39, 0.29) is 0 Å². The molecule has 2 aromatic carbocycles. The summed E-state index contributed by atoms with van der Waals surface area (Å²) < 4.78 is 10.9. The van der Waals surface area contributed by atoms with Gasteiger partial charge in [0.25, 0.3) is 0 Å². The second-order valence-electron chi connectivity index (χ2n) is 5.77. The normalized spacial score (nSPS) is 13.0. The van der Waals surface area contributed by atoms with Gasteiger partial charge in [-0.25, -0.2) is 0 Å². The molecule has 0 radical (unpaired) electrons. The predicted molar refractivity (Wildman–Crippen MR) is 92.0 cm³/mol. The summed E-state index contributed by atoms with van der Waals surface area (Å²) in [5.41, 5.74) is 12.0. The van der Waals surface area contributed by atoms with Crippen LogP contribution in [0.1, 0.15) is 18.2 Å². The van der Waals surface area contributed by atoms with Gasteiger partial charge < -0.3 is 20.2 Å². The lowest BCUT2D eigenvalue weighted by Gasteiger charge is -2.08. The minimum Gasteiger partial charge on any atom is -0.454 e. The SMILES string of the molecule is CCc1[nH]c2cccc(-c3ccc4c(c3)OCO4)c2c1CCN. The topological polar surface area (TPSA) is 60.3 Å². The molecule has 1 aliphatic heterocycles. The van der Waals surface area contributed by atoms with Crippen LogP contribution in [0.15, 0.2) is 36.4 Å². The minimum atomic E-state index is 0.297. The number of hydrogen-bond donors (Lipinski definition) is 2. The van der Waals surface area contributed by atoms with Crippen molar-refractivity contribution in [3.8, 4) is 22.6 Å². The zero-order chi connectivity index (χ0) is 15.8. The number of H-pyrrole nitrogens is 1. The molecule has 0 spiro atoms. The number of benzene rings is 2. The van der Waals surface area contributed by atoms with Crippen molar-refractivity contribution in [3.05, 3.63) is 47.7 Å². The highest BCUT2D eigenvalue weighted by atomic mass is 16.7. The smallest absolute Gasteiger partial charge is 0.231 e. The number of fused-ring (bicyclic) bond motifs is 2. The van der Waals surface area contributed by atoms with Crippen LogP contribution in [0.3, 0.4) is 0 Å². The first kappa shape index (κ1) is 14.2. The van der Waals surface area contributed by atoms with Gasteiger partial charge in [-0.1, -0.05) is 25.1 Å². The number of hydrogen-bond acceptors (Lipinski definition) is 3. The highest BCUT2D eigenvalue weighted by Crippen LogP contribution is 2.39. The third-order valence-corrected chi connectivity index (χ3v) is 4.45. The molecule has 23 heavy (non-hydrogen) atoms. The molecule has 3 N–H and O–H groups in total. The van der Waals surface area contributed by atoms with Crippen LogP contribution in [-0.2, 0) is 12.8 Å². The number of aromatic nitrogens is 1. The maximum absolute atomic E-state index is 5.85. The predicted octanol–water partition coefficient (Wildman–Crippen LogP) is 3.63. The van der Waals surface area contributed by atoms with Gasteiger partial charge in [0.15, 0.2) is 11.5 Å². The van der Waals surface area contributed by atoms with Crippen LogP contribution in [-0.4, -0.2) is 18.3 Å². The Morgan fingerprint density at radius 2 is 2.00 bits per heavy atom. The van der Waals surface area contributed by atoms with E-state index in [1.807, 2.05) is 6.07 Å². The molecule has 0 saturated heterocycles. The van der Waals surface area contributed by atoms with E-state index in [2.05, 4.69) is 42.2 Å². The van der Waals surface area contributed by atoms with Crippen molar-refractivity contribution in [3.63, 3.8) is 0 Å². The van der Waals surface area contributed by atoms with Gasteiger partial charge in [0.2, 0.25) is 6.79 Å². The van der Waals surface area contributed by atoms with E-state index in [0.717, 1.165) is 29.9 Å². The van der Waals surface area contributed by atoms with Crippen LogP contribution in [0.5, 0.6) is 11.5 Å². The van der Waals surface area contributed by atoms with Gasteiger partial charge in [0, 0.05) is 16.6 Å². The van der Waals surface area contributed by atoms with Gasteiger partial charge in [-0.15, -0.1) is 0 Å². The largest absolute Gasteiger partial charge is 0.454 e. The monoisotopic (exact) mass is 308 g/mol. The summed E-state index contributed by atoms with van der Waals surface area (Å²) in [6.45, 7) is 3.12. The number of ether oxygens (including phenoxy) is 2. The third kappa shape index (κ3) is 2.26. The van der Waals surface area contributed by atoms with Crippen molar-refractivity contribution in [2.45, 2.75) is 19.8 Å². The van der Waals surface area contributed by atoms with E-state index in [1.54, 1.807) is 0 Å². The fourth-order valence-corrected chi connectivity index (χ4v) is 3.40. The molecule has 1 aliphatic rings. The molecule has 4 rings (SSSR count). The van der Waals surface area contributed by atoms with Crippen LogP contribution >= 0.6 is 0 Å². The number of nitrogens with one attached hydrogen (secondary N) is 1. The minimum absolute atomic E-state index is 0.297. The molecule has 4 nitrogen and oxygen atoms in total. The number of aryl methyl sites for hydroxylation is 1. The van der Waals surface area contributed by atoms with Gasteiger partial charge in [-0.05, 0) is 54.3 Å². The summed E-state index contributed by atoms with van der Waals surface area (Å²) in [7, 11) is 0. The molecule has 0 fully saturated rings. The first-order chi connectivity index (χ1) is 11.3. The standard InChI is InChI=1S/C19H20N2O2/c1-2-15-14(8-9-20)19-13(4-3-5-16(19)21-15)12-6-7-17-18(10-12)23-11-22-17/h3-7,10,21H,2,8-9,11,20H2,1H3. The molecule has 4 heteroatoms. The first-order valence-electron chi connectivity index (χ1n) is 8.04. The summed E-state index contributed by atoms with van der Waals surface area (Å²) in [6, 6.07) is 12.5. The second-order valence-corrected chi connectivity index (χ2v) is 5.77. The average Bonchev–Trinajstić information content (AvgIpc) is 3.18. The highest BCUT2D eigenvalue weighted by Gasteiger charge is 2.17. The Hall–Kier alpha value is -2.46. The Kier molecular flexibility index (Phi) is 3.46. The van der Waals surface area contributed by atoms with Gasteiger partial charge in [0.05, 0.1) is 0 Å². The second kappa shape index (κ2) is 5.63. The average molecular weight is 308 g/mol. The third-order valence-electron chi connectivity index (χ3n) is 4.45. The van der Waals surface area contributed by atoms with Gasteiger partial charge in [0.1, 0.15) is 0 Å². The van der Waals surface area contributed by atoms with Crippen molar-refractivity contribution < 1.29 is 9.47 Å². The van der Waals surface area contributed by atoms with Crippen LogP contribution in [0.2, 0.25) is 0 Å². The van der Waals surface area contributed by atoms with Gasteiger partial charge >= 0.3 is 0 Å². The van der Waals surface area contributed by atoms with Crippen LogP contribution < -0.4 is 15.2 Å². The first-order valence-corrected chi connectivity index (χ1v) is 8.04. The highest BCUT2D eigenvalue weighted by molar-refractivity contribution is 5.99. The van der Waals surface area contributed by atoms with Crippen molar-refractivity contribution in [2.24, 2.45) is 5.73 Å². The summed E-state index contributed by atoms with van der Waals surface area (Å²) >= 11 is 0. The van der Waals surface area contributed by atoms with Crippen molar-refractivity contribution in [2.75, 3.05) is 13.3 Å². The lowest BCUT2D eigenvalue weighted by atomic mass is 9.96. The summed E-state index contributed by atoms with van der Waals surface area (Å²) in [5.74, 6) is 1.62. The van der Waals surface area contributed by atoms with Gasteiger partial charge in [-0.2, -0.15) is 0 Å². The summed E-state index contributed by atoms with van der Waals surface area (Å²) in [6.07, 6.45) is 1.86. The van der Waals surface area contributed by atoms with E-state index < -0.39 is 0 Å². The summed E-state index contributed by atoms with van der Waals surface area (Å²) in [4.78, 5) is 3.55. The molecule has 0 aliphatic carbocycles. The molecule has 3 aromatic rings. The van der Waals surface area contributed by atoms with E-state index in [4.69, 9.17) is 15.2 Å². The van der Waals surface area contributed by atoms with Crippen molar-refractivity contribution >= 4 is 10.9 Å². The summed E-state index contributed by atoms with van der Waals surface area (Å²) in [5, 5.41) is 1.27. The Morgan fingerprint density at radius 1 is 1.13 bits per heavy atom. The lowest BCUT2D eigenvalue weighted by Crippen LogP contribution is -2.04. The van der Waals surface area contributed by atoms with E-state index in [0.29, 0.717) is 13.3 Å². The Morgan fingerprint density at radius 3 is 2.83 bits per heavy atom.